The van der Waals surface area contributed by atoms with Crippen molar-refractivity contribution in [2.75, 3.05) is 0 Å². The molecule has 0 spiro atoms. The van der Waals surface area contributed by atoms with Crippen LogP contribution in [0.25, 0.3) is 0 Å². The van der Waals surface area contributed by atoms with Crippen molar-refractivity contribution >= 4 is 23.6 Å². The monoisotopic (exact) mass is 367 g/mol. The Bertz CT molecular complexity index is 833. The Morgan fingerprint density at radius 1 is 1.15 bits per heavy atom. The number of carboxylic acid groups (broad SMARTS) is 1. The van der Waals surface area contributed by atoms with E-state index >= 15 is 0 Å². The van der Waals surface area contributed by atoms with Gasteiger partial charge in [-0.05, 0) is 23.3 Å². The van der Waals surface area contributed by atoms with Gasteiger partial charge in [-0.15, -0.1) is 11.8 Å². The topological polar surface area (TPSA) is 102 Å². The van der Waals surface area contributed by atoms with Crippen LogP contribution in [-0.2, 0) is 10.5 Å². The summed E-state index contributed by atoms with van der Waals surface area (Å²) >= 11 is 1.48. The molecule has 3 unspecified atom stereocenters. The molecular formula is C19H17N3O3S. The van der Waals surface area contributed by atoms with Gasteiger partial charge >= 0.3 is 5.97 Å². The van der Waals surface area contributed by atoms with E-state index in [-0.39, 0.29) is 23.0 Å². The molecule has 26 heavy (non-hydrogen) atoms. The smallest absolute Gasteiger partial charge is 0.335 e. The van der Waals surface area contributed by atoms with Crippen LogP contribution in [-0.4, -0.2) is 22.5 Å². The number of rotatable bonds is 5. The standard InChI is InChI=1S/C19H17N3O3S/c20-10-15-16(13-4-2-1-3-5-13)21-19(22-17(15)23)26-11-12-6-8-14(9-7-12)18(24)25/h1-9,15-16,19,21H,11H2,(H,22,23)(H,24,25). The maximum Gasteiger partial charge on any atom is 0.335 e. The number of carbonyl (C=O) groups is 2. The van der Waals surface area contributed by atoms with E-state index in [9.17, 15) is 14.9 Å². The Balaban J connectivity index is 1.68. The molecule has 0 saturated carbocycles. The summed E-state index contributed by atoms with van der Waals surface area (Å²) < 4.78 is 0. The predicted octanol–water partition coefficient (Wildman–Crippen LogP) is 2.50. The fourth-order valence-corrected chi connectivity index (χ4v) is 3.76. The van der Waals surface area contributed by atoms with Gasteiger partial charge in [0.1, 0.15) is 11.4 Å². The van der Waals surface area contributed by atoms with Crippen LogP contribution in [0.1, 0.15) is 27.5 Å². The summed E-state index contributed by atoms with van der Waals surface area (Å²) in [6.07, 6.45) is 0. The van der Waals surface area contributed by atoms with Crippen molar-refractivity contribution in [3.8, 4) is 6.07 Å². The summed E-state index contributed by atoms with van der Waals surface area (Å²) in [5.74, 6) is -1.45. The van der Waals surface area contributed by atoms with Crippen LogP contribution < -0.4 is 10.6 Å². The van der Waals surface area contributed by atoms with Gasteiger partial charge in [0.2, 0.25) is 5.91 Å². The van der Waals surface area contributed by atoms with E-state index in [2.05, 4.69) is 16.7 Å². The number of carbonyl (C=O) groups excluding carboxylic acids is 1. The molecule has 0 radical (unpaired) electrons. The lowest BCUT2D eigenvalue weighted by molar-refractivity contribution is -0.126. The van der Waals surface area contributed by atoms with Crippen molar-refractivity contribution in [2.24, 2.45) is 5.92 Å². The van der Waals surface area contributed by atoms with E-state index in [1.165, 1.54) is 11.8 Å². The number of hydrogen-bond acceptors (Lipinski definition) is 5. The minimum Gasteiger partial charge on any atom is -0.478 e. The number of thioether (sulfide) groups is 1. The molecule has 1 aliphatic heterocycles. The summed E-state index contributed by atoms with van der Waals surface area (Å²) in [6, 6.07) is 17.8. The van der Waals surface area contributed by atoms with Gasteiger partial charge in [0.05, 0.1) is 17.7 Å². The zero-order valence-electron chi connectivity index (χ0n) is 13.8. The van der Waals surface area contributed by atoms with Crippen LogP contribution in [0, 0.1) is 17.2 Å². The third-order valence-corrected chi connectivity index (χ3v) is 5.22. The highest BCUT2D eigenvalue weighted by Gasteiger charge is 2.37. The molecule has 132 valence electrons. The minimum atomic E-state index is -0.960. The Labute approximate surface area is 155 Å². The number of benzene rings is 2. The number of amides is 1. The summed E-state index contributed by atoms with van der Waals surface area (Å²) in [4.78, 5) is 23.2. The lowest BCUT2D eigenvalue weighted by Gasteiger charge is -2.34. The highest BCUT2D eigenvalue weighted by atomic mass is 32.2. The average molecular weight is 367 g/mol. The molecule has 2 aromatic carbocycles. The number of hydrogen-bond donors (Lipinski definition) is 3. The maximum atomic E-state index is 12.3. The quantitative estimate of drug-likeness (QED) is 0.750. The highest BCUT2D eigenvalue weighted by Crippen LogP contribution is 2.29. The first kappa shape index (κ1) is 18.0. The molecule has 3 atom stereocenters. The molecule has 0 bridgehead atoms. The summed E-state index contributed by atoms with van der Waals surface area (Å²) in [5.41, 5.74) is 1.75. The van der Waals surface area contributed by atoms with E-state index in [1.807, 2.05) is 30.3 Å². The average Bonchev–Trinajstić information content (AvgIpc) is 2.67. The molecule has 6 nitrogen and oxygen atoms in total. The lowest BCUT2D eigenvalue weighted by atomic mass is 9.92. The molecular weight excluding hydrogens is 350 g/mol. The zero-order valence-corrected chi connectivity index (χ0v) is 14.6. The number of aromatic carboxylic acids is 1. The maximum absolute atomic E-state index is 12.3. The molecule has 1 heterocycles. The first-order valence-electron chi connectivity index (χ1n) is 8.03. The normalized spacial score (nSPS) is 22.3. The van der Waals surface area contributed by atoms with E-state index < -0.39 is 11.9 Å². The zero-order chi connectivity index (χ0) is 18.5. The Morgan fingerprint density at radius 3 is 2.46 bits per heavy atom. The fraction of sp³-hybridized carbons (Fsp3) is 0.211. The summed E-state index contributed by atoms with van der Waals surface area (Å²) in [7, 11) is 0. The third kappa shape index (κ3) is 4.04. The van der Waals surface area contributed by atoms with Gasteiger partial charge < -0.3 is 10.4 Å². The Morgan fingerprint density at radius 2 is 1.85 bits per heavy atom. The molecule has 0 aliphatic carbocycles. The third-order valence-electron chi connectivity index (χ3n) is 4.14. The Kier molecular flexibility index (Phi) is 5.56. The van der Waals surface area contributed by atoms with Gasteiger partial charge in [0.15, 0.2) is 0 Å². The van der Waals surface area contributed by atoms with Crippen LogP contribution in [0.5, 0.6) is 0 Å². The van der Waals surface area contributed by atoms with E-state index in [1.54, 1.807) is 24.3 Å². The number of nitrogens with one attached hydrogen (secondary N) is 2. The second-order valence-corrected chi connectivity index (χ2v) is 6.96. The van der Waals surface area contributed by atoms with Crippen LogP contribution in [0.2, 0.25) is 0 Å². The molecule has 3 rings (SSSR count). The summed E-state index contributed by atoms with van der Waals surface area (Å²) in [6.45, 7) is 0. The second-order valence-electron chi connectivity index (χ2n) is 5.86. The van der Waals surface area contributed by atoms with Gasteiger partial charge in [-0.1, -0.05) is 42.5 Å². The predicted molar refractivity (Wildman–Crippen MR) is 98.0 cm³/mol. The van der Waals surface area contributed by atoms with Crippen molar-refractivity contribution in [1.29, 1.82) is 5.26 Å². The molecule has 1 aliphatic rings. The lowest BCUT2D eigenvalue weighted by Crippen LogP contribution is -2.55. The van der Waals surface area contributed by atoms with Crippen molar-refractivity contribution < 1.29 is 14.7 Å². The molecule has 2 aromatic rings. The molecule has 0 aromatic heterocycles. The number of nitriles is 1. The first-order valence-corrected chi connectivity index (χ1v) is 9.08. The van der Waals surface area contributed by atoms with Crippen molar-refractivity contribution in [1.82, 2.24) is 10.6 Å². The first-order chi connectivity index (χ1) is 12.6. The van der Waals surface area contributed by atoms with Crippen molar-refractivity contribution in [2.45, 2.75) is 17.3 Å². The van der Waals surface area contributed by atoms with Crippen LogP contribution >= 0.6 is 11.8 Å². The van der Waals surface area contributed by atoms with E-state index in [4.69, 9.17) is 5.11 Å². The van der Waals surface area contributed by atoms with Gasteiger partial charge in [-0.25, -0.2) is 4.79 Å². The Hall–Kier alpha value is -2.82. The second kappa shape index (κ2) is 8.04. The van der Waals surface area contributed by atoms with Gasteiger partial charge in [0, 0.05) is 5.75 Å². The van der Waals surface area contributed by atoms with Crippen molar-refractivity contribution in [3.05, 3.63) is 71.3 Å². The SMILES string of the molecule is N#CC1C(=O)NC(SCc2ccc(C(=O)O)cc2)NC1c1ccccc1. The highest BCUT2D eigenvalue weighted by molar-refractivity contribution is 7.99. The van der Waals surface area contributed by atoms with Crippen LogP contribution in [0.15, 0.2) is 54.6 Å². The molecule has 1 saturated heterocycles. The number of nitrogens with zero attached hydrogens (tertiary/aromatic N) is 1. The van der Waals surface area contributed by atoms with Crippen molar-refractivity contribution in [3.63, 3.8) is 0 Å². The number of carboxylic acids is 1. The fourth-order valence-electron chi connectivity index (χ4n) is 2.77. The van der Waals surface area contributed by atoms with Gasteiger partial charge in [-0.3, -0.25) is 10.1 Å². The van der Waals surface area contributed by atoms with E-state index in [0.717, 1.165) is 11.1 Å². The largest absolute Gasteiger partial charge is 0.478 e. The van der Waals surface area contributed by atoms with Gasteiger partial charge in [0.25, 0.3) is 0 Å². The molecule has 3 N–H and O–H groups in total. The van der Waals surface area contributed by atoms with Crippen LogP contribution in [0.3, 0.4) is 0 Å². The molecule has 1 fully saturated rings. The van der Waals surface area contributed by atoms with Crippen LogP contribution in [0.4, 0.5) is 0 Å². The molecule has 1 amide bonds. The summed E-state index contributed by atoms with van der Waals surface area (Å²) in [5, 5.41) is 24.4. The molecule has 7 heteroatoms. The van der Waals surface area contributed by atoms with E-state index in [0.29, 0.717) is 5.75 Å². The minimum absolute atomic E-state index is 0.240. The van der Waals surface area contributed by atoms with Gasteiger partial charge in [-0.2, -0.15) is 5.26 Å².